The van der Waals surface area contributed by atoms with Gasteiger partial charge < -0.3 is 14.8 Å². The van der Waals surface area contributed by atoms with Crippen LogP contribution < -0.4 is 10.7 Å². The molecule has 0 aliphatic carbocycles. The quantitative estimate of drug-likeness (QED) is 0.812. The van der Waals surface area contributed by atoms with Gasteiger partial charge in [-0.15, -0.1) is 0 Å². The maximum Gasteiger partial charge on any atom is 0.275 e. The second kappa shape index (κ2) is 6.66. The second-order valence-electron chi connectivity index (χ2n) is 6.57. The van der Waals surface area contributed by atoms with Crippen LogP contribution in [0, 0.1) is 0 Å². The topological polar surface area (TPSA) is 95.3 Å². The minimum atomic E-state index is -1.47. The van der Waals surface area contributed by atoms with E-state index in [2.05, 4.69) is 5.10 Å². The summed E-state index contributed by atoms with van der Waals surface area (Å²) in [5, 5.41) is 15.7. The molecule has 1 saturated heterocycles. The number of fused-ring (bicyclic) bond motifs is 1. The smallest absolute Gasteiger partial charge is 0.275 e. The van der Waals surface area contributed by atoms with Gasteiger partial charge in [0.05, 0.1) is 11.4 Å². The zero-order chi connectivity index (χ0) is 18.1. The van der Waals surface area contributed by atoms with Gasteiger partial charge in [0.25, 0.3) is 5.56 Å². The van der Waals surface area contributed by atoms with E-state index in [9.17, 15) is 19.5 Å². The van der Waals surface area contributed by atoms with Gasteiger partial charge in [0, 0.05) is 17.5 Å². The van der Waals surface area contributed by atoms with E-state index in [-0.39, 0.29) is 41.0 Å². The molecule has 0 radical (unpaired) electrons. The first-order chi connectivity index (χ1) is 11.9. The number of benzene rings is 1. The molecule has 1 aliphatic rings. The van der Waals surface area contributed by atoms with E-state index < -0.39 is 11.5 Å². The van der Waals surface area contributed by atoms with Crippen LogP contribution in [0.3, 0.4) is 0 Å². The fourth-order valence-electron chi connectivity index (χ4n) is 3.62. The third-order valence-corrected chi connectivity index (χ3v) is 4.83. The van der Waals surface area contributed by atoms with Gasteiger partial charge in [0.1, 0.15) is 12.2 Å². The van der Waals surface area contributed by atoms with Crippen molar-refractivity contribution in [1.29, 1.82) is 0 Å². The molecule has 1 amide bonds. The molecule has 2 heterocycles. The third-order valence-electron chi connectivity index (χ3n) is 4.83. The molecule has 0 saturated carbocycles. The predicted octanol–water partition coefficient (Wildman–Crippen LogP) is 0.549. The van der Waals surface area contributed by atoms with E-state index in [1.54, 1.807) is 17.0 Å². The van der Waals surface area contributed by atoms with Crippen LogP contribution in [-0.4, -0.2) is 38.6 Å². The summed E-state index contributed by atoms with van der Waals surface area (Å²) in [6, 6.07) is 6.49. The Morgan fingerprint density at radius 3 is 2.36 bits per heavy atom. The number of aromatic carboxylic acids is 1. The highest BCUT2D eigenvalue weighted by atomic mass is 16.4. The Bertz CT molecular complexity index is 880. The zero-order valence-corrected chi connectivity index (χ0v) is 14.3. The molecular formula is C18H20N3O4-. The Kier molecular flexibility index (Phi) is 4.57. The number of aromatic nitrogens is 2. The van der Waals surface area contributed by atoms with Crippen molar-refractivity contribution in [3.63, 3.8) is 0 Å². The summed E-state index contributed by atoms with van der Waals surface area (Å²) in [7, 11) is 0. The number of likely N-dealkylation sites (tertiary alicyclic amines) is 1. The predicted molar refractivity (Wildman–Crippen MR) is 90.0 cm³/mol. The van der Waals surface area contributed by atoms with Crippen LogP contribution in [0.25, 0.3) is 10.8 Å². The van der Waals surface area contributed by atoms with Crippen molar-refractivity contribution in [2.45, 2.75) is 51.7 Å². The number of carbonyl (C=O) groups excluding carboxylic acids is 2. The number of carboxylic acid groups (broad SMARTS) is 1. The fraction of sp³-hybridized carbons (Fsp3) is 0.444. The summed E-state index contributed by atoms with van der Waals surface area (Å²) in [5.74, 6) is -1.70. The number of carboxylic acids is 1. The Morgan fingerprint density at radius 1 is 1.16 bits per heavy atom. The van der Waals surface area contributed by atoms with Crippen molar-refractivity contribution in [3.05, 3.63) is 40.3 Å². The Balaban J connectivity index is 2.01. The summed E-state index contributed by atoms with van der Waals surface area (Å²) in [6.45, 7) is 3.69. The average Bonchev–Trinajstić information content (AvgIpc) is 2.57. The van der Waals surface area contributed by atoms with Crippen LogP contribution in [0.2, 0.25) is 0 Å². The van der Waals surface area contributed by atoms with E-state index in [0.29, 0.717) is 0 Å². The molecule has 2 aromatic rings. The van der Waals surface area contributed by atoms with E-state index in [4.69, 9.17) is 0 Å². The van der Waals surface area contributed by atoms with Crippen LogP contribution in [0.1, 0.15) is 43.6 Å². The van der Waals surface area contributed by atoms with Crippen LogP contribution in [0.5, 0.6) is 0 Å². The summed E-state index contributed by atoms with van der Waals surface area (Å²) < 4.78 is 0.934. The first-order valence-electron chi connectivity index (χ1n) is 8.42. The van der Waals surface area contributed by atoms with Crippen molar-refractivity contribution in [1.82, 2.24) is 14.7 Å². The van der Waals surface area contributed by atoms with Gasteiger partial charge in [-0.05, 0) is 39.2 Å². The molecule has 25 heavy (non-hydrogen) atoms. The molecular weight excluding hydrogens is 322 g/mol. The first-order valence-corrected chi connectivity index (χ1v) is 8.42. The number of rotatable bonds is 3. The van der Waals surface area contributed by atoms with Gasteiger partial charge in [-0.25, -0.2) is 4.68 Å². The number of nitrogens with zero attached hydrogens (tertiary/aromatic N) is 3. The lowest BCUT2D eigenvalue weighted by Crippen LogP contribution is -2.49. The van der Waals surface area contributed by atoms with Gasteiger partial charge in [-0.3, -0.25) is 9.59 Å². The summed E-state index contributed by atoms with van der Waals surface area (Å²) in [4.78, 5) is 38.5. The molecule has 0 unspecified atom stereocenters. The molecule has 1 aliphatic heterocycles. The number of piperidine rings is 1. The first kappa shape index (κ1) is 17.1. The molecule has 0 spiro atoms. The minimum absolute atomic E-state index is 0.0908. The monoisotopic (exact) mass is 342 g/mol. The molecule has 7 nitrogen and oxygen atoms in total. The highest BCUT2D eigenvalue weighted by Crippen LogP contribution is 2.22. The Morgan fingerprint density at radius 2 is 1.76 bits per heavy atom. The minimum Gasteiger partial charge on any atom is -0.543 e. The van der Waals surface area contributed by atoms with Crippen molar-refractivity contribution >= 4 is 22.6 Å². The Hall–Kier alpha value is -2.70. The van der Waals surface area contributed by atoms with Gasteiger partial charge in [-0.1, -0.05) is 18.2 Å². The molecule has 1 fully saturated rings. The lowest BCUT2D eigenvalue weighted by molar-refractivity contribution is -0.255. The lowest BCUT2D eigenvalue weighted by atomic mass is 9.97. The van der Waals surface area contributed by atoms with Crippen molar-refractivity contribution in [2.24, 2.45) is 0 Å². The summed E-state index contributed by atoms with van der Waals surface area (Å²) >= 11 is 0. The van der Waals surface area contributed by atoms with E-state index >= 15 is 0 Å². The number of amides is 1. The maximum absolute atomic E-state index is 12.7. The van der Waals surface area contributed by atoms with E-state index in [1.165, 1.54) is 12.1 Å². The summed E-state index contributed by atoms with van der Waals surface area (Å²) in [5.41, 5.74) is -0.811. The zero-order valence-electron chi connectivity index (χ0n) is 14.3. The molecule has 3 rings (SSSR count). The van der Waals surface area contributed by atoms with Crippen LogP contribution in [0.15, 0.2) is 29.1 Å². The molecule has 1 aromatic carbocycles. The average molecular weight is 342 g/mol. The molecule has 2 atom stereocenters. The SMILES string of the molecule is C[C@@H]1CCC[C@@H](C)N1C(=O)Cn1nc(C(=O)[O-])c2ccccc2c1=O. The van der Waals surface area contributed by atoms with Crippen LogP contribution >= 0.6 is 0 Å². The highest BCUT2D eigenvalue weighted by molar-refractivity contribution is 6.00. The molecule has 0 N–H and O–H groups in total. The second-order valence-corrected chi connectivity index (χ2v) is 6.57. The Labute approximate surface area is 144 Å². The van der Waals surface area contributed by atoms with Gasteiger partial charge in [-0.2, -0.15) is 5.10 Å². The van der Waals surface area contributed by atoms with E-state index in [1.807, 2.05) is 13.8 Å². The van der Waals surface area contributed by atoms with Gasteiger partial charge >= 0.3 is 0 Å². The van der Waals surface area contributed by atoms with Gasteiger partial charge in [0.2, 0.25) is 5.91 Å². The van der Waals surface area contributed by atoms with Gasteiger partial charge in [0.15, 0.2) is 0 Å². The summed E-state index contributed by atoms with van der Waals surface area (Å²) in [6.07, 6.45) is 2.90. The normalized spacial score (nSPS) is 20.6. The van der Waals surface area contributed by atoms with E-state index in [0.717, 1.165) is 23.9 Å². The number of hydrogen-bond acceptors (Lipinski definition) is 5. The molecule has 7 heteroatoms. The number of hydrogen-bond donors (Lipinski definition) is 0. The van der Waals surface area contributed by atoms with Crippen LogP contribution in [-0.2, 0) is 11.3 Å². The molecule has 132 valence electrons. The molecule has 1 aromatic heterocycles. The third kappa shape index (κ3) is 3.14. The van der Waals surface area contributed by atoms with Crippen molar-refractivity contribution in [2.75, 3.05) is 0 Å². The largest absolute Gasteiger partial charge is 0.543 e. The molecule has 0 bridgehead atoms. The fourth-order valence-corrected chi connectivity index (χ4v) is 3.62. The lowest BCUT2D eigenvalue weighted by Gasteiger charge is -2.39. The van der Waals surface area contributed by atoms with Crippen molar-refractivity contribution < 1.29 is 14.7 Å². The number of carbonyl (C=O) groups is 2. The highest BCUT2D eigenvalue weighted by Gasteiger charge is 2.29. The maximum atomic E-state index is 12.7. The van der Waals surface area contributed by atoms with Crippen LogP contribution in [0.4, 0.5) is 0 Å². The standard InChI is InChI=1S/C18H21N3O4/c1-11-6-5-7-12(2)21(11)15(22)10-20-17(23)14-9-4-3-8-13(14)16(19-20)18(24)25/h3-4,8-9,11-12H,5-7,10H2,1-2H3,(H,24,25)/p-1/t11-,12-/m1/s1. The van der Waals surface area contributed by atoms with Crippen molar-refractivity contribution in [3.8, 4) is 0 Å².